The van der Waals surface area contributed by atoms with Gasteiger partial charge in [0.25, 0.3) is 11.8 Å². The zero-order valence-electron chi connectivity index (χ0n) is 17.9. The summed E-state index contributed by atoms with van der Waals surface area (Å²) in [4.78, 5) is 43.9. The maximum Gasteiger partial charge on any atom is 0.326 e. The van der Waals surface area contributed by atoms with Gasteiger partial charge in [-0.1, -0.05) is 13.8 Å². The largest absolute Gasteiger partial charge is 0.451 e. The highest BCUT2D eigenvalue weighted by atomic mass is 32.2. The summed E-state index contributed by atoms with van der Waals surface area (Å²) in [6.45, 7) is 5.03. The number of carbonyl (C=O) groups excluding carboxylic acids is 3. The number of anilines is 1. The molecule has 1 unspecified atom stereocenters. The molecular formula is C20H25N5O6S. The zero-order valence-corrected chi connectivity index (χ0v) is 18.8. The van der Waals surface area contributed by atoms with E-state index in [-0.39, 0.29) is 16.4 Å². The molecule has 0 saturated carbocycles. The Balaban J connectivity index is 1.87. The van der Waals surface area contributed by atoms with Crippen molar-refractivity contribution in [3.8, 4) is 0 Å². The first-order valence-corrected chi connectivity index (χ1v) is 11.3. The van der Waals surface area contributed by atoms with Crippen LogP contribution in [0.4, 0.5) is 5.95 Å². The summed E-state index contributed by atoms with van der Waals surface area (Å²) in [5, 5.41) is 4.76. The Kier molecular flexibility index (Phi) is 8.79. The average molecular weight is 464 g/mol. The predicted molar refractivity (Wildman–Crippen MR) is 115 cm³/mol. The molecule has 32 heavy (non-hydrogen) atoms. The summed E-state index contributed by atoms with van der Waals surface area (Å²) in [7, 11) is -3.63. The van der Waals surface area contributed by atoms with E-state index in [2.05, 4.69) is 20.6 Å². The molecule has 0 fully saturated rings. The van der Waals surface area contributed by atoms with Gasteiger partial charge in [0.1, 0.15) is 6.54 Å². The van der Waals surface area contributed by atoms with Crippen LogP contribution in [0.2, 0.25) is 0 Å². The fourth-order valence-corrected chi connectivity index (χ4v) is 4.07. The minimum Gasteiger partial charge on any atom is -0.451 e. The first-order valence-electron chi connectivity index (χ1n) is 9.84. The summed E-state index contributed by atoms with van der Waals surface area (Å²) in [5.41, 5.74) is 0.170. The third-order valence-electron chi connectivity index (χ3n) is 4.33. The van der Waals surface area contributed by atoms with Crippen molar-refractivity contribution < 1.29 is 27.5 Å². The molecule has 1 atom stereocenters. The van der Waals surface area contributed by atoms with E-state index in [1.54, 1.807) is 19.9 Å². The number of benzene rings is 1. The Bertz CT molecular complexity index is 1040. The molecule has 12 heteroatoms. The monoisotopic (exact) mass is 463 g/mol. The molecule has 0 radical (unpaired) electrons. The first-order chi connectivity index (χ1) is 15.2. The van der Waals surface area contributed by atoms with Gasteiger partial charge in [-0.3, -0.25) is 19.7 Å². The second-order valence-electron chi connectivity index (χ2n) is 6.49. The third-order valence-corrected chi connectivity index (χ3v) is 6.40. The highest BCUT2D eigenvalue weighted by Crippen LogP contribution is 2.16. The van der Waals surface area contributed by atoms with Crippen molar-refractivity contribution in [1.82, 2.24) is 19.6 Å². The minimum atomic E-state index is -3.63. The molecule has 2 amide bonds. The van der Waals surface area contributed by atoms with Crippen molar-refractivity contribution in [3.05, 3.63) is 48.3 Å². The Morgan fingerprint density at radius 2 is 1.66 bits per heavy atom. The maximum absolute atomic E-state index is 12.5. The van der Waals surface area contributed by atoms with Crippen LogP contribution in [0.3, 0.4) is 0 Å². The molecule has 172 valence electrons. The number of rotatable bonds is 10. The van der Waals surface area contributed by atoms with Crippen LogP contribution in [-0.4, -0.2) is 66.2 Å². The molecule has 0 aliphatic heterocycles. The van der Waals surface area contributed by atoms with E-state index >= 15 is 0 Å². The lowest BCUT2D eigenvalue weighted by atomic mass is 10.2. The lowest BCUT2D eigenvalue weighted by Gasteiger charge is -2.18. The van der Waals surface area contributed by atoms with Crippen LogP contribution in [-0.2, 0) is 24.3 Å². The van der Waals surface area contributed by atoms with Gasteiger partial charge in [-0.15, -0.1) is 0 Å². The van der Waals surface area contributed by atoms with Gasteiger partial charge in [-0.2, -0.15) is 4.31 Å². The van der Waals surface area contributed by atoms with Gasteiger partial charge < -0.3 is 10.1 Å². The zero-order chi connectivity index (χ0) is 23.7. The number of nitrogens with one attached hydrogen (secondary N) is 2. The van der Waals surface area contributed by atoms with Gasteiger partial charge in [0, 0.05) is 31.0 Å². The highest BCUT2D eigenvalue weighted by molar-refractivity contribution is 7.89. The van der Waals surface area contributed by atoms with E-state index < -0.39 is 40.5 Å². The van der Waals surface area contributed by atoms with Crippen molar-refractivity contribution in [1.29, 1.82) is 0 Å². The number of hydrogen-bond donors (Lipinski definition) is 2. The average Bonchev–Trinajstić information content (AvgIpc) is 2.78. The lowest BCUT2D eigenvalue weighted by Crippen LogP contribution is -2.36. The Morgan fingerprint density at radius 1 is 1.06 bits per heavy atom. The second kappa shape index (κ2) is 11.3. The molecule has 1 aromatic heterocycles. The molecule has 0 aliphatic rings. The number of esters is 1. The normalized spacial score (nSPS) is 12.1. The topological polar surface area (TPSA) is 148 Å². The van der Waals surface area contributed by atoms with Crippen molar-refractivity contribution in [2.24, 2.45) is 0 Å². The molecule has 1 heterocycles. The van der Waals surface area contributed by atoms with E-state index in [1.165, 1.54) is 47.9 Å². The van der Waals surface area contributed by atoms with Crippen LogP contribution in [0.5, 0.6) is 0 Å². The maximum atomic E-state index is 12.5. The Hall–Kier alpha value is -3.38. The number of nitrogens with zero attached hydrogens (tertiary/aromatic N) is 3. The summed E-state index contributed by atoms with van der Waals surface area (Å²) in [6.07, 6.45) is 1.76. The molecule has 11 nitrogen and oxygen atoms in total. The summed E-state index contributed by atoms with van der Waals surface area (Å²) < 4.78 is 31.3. The molecule has 0 spiro atoms. The fourth-order valence-electron chi connectivity index (χ4n) is 2.61. The number of amides is 2. The van der Waals surface area contributed by atoms with E-state index in [9.17, 15) is 22.8 Å². The van der Waals surface area contributed by atoms with Crippen LogP contribution in [0, 0.1) is 0 Å². The third kappa shape index (κ3) is 6.56. The molecule has 0 saturated heterocycles. The smallest absolute Gasteiger partial charge is 0.326 e. The summed E-state index contributed by atoms with van der Waals surface area (Å²) in [5.74, 6) is -1.97. The standard InChI is InChI=1S/C20H25N5O6S/c1-4-25(5-2)32(29,30)16-9-7-15(8-10-16)19(28)23-13-17(26)31-14(3)18(27)24-20-21-11-6-12-22-20/h6-12,14H,4-5,13H2,1-3H3,(H,23,28)(H,21,22,24,27). The molecular weight excluding hydrogens is 438 g/mol. The molecule has 0 bridgehead atoms. The van der Waals surface area contributed by atoms with E-state index in [4.69, 9.17) is 4.74 Å². The van der Waals surface area contributed by atoms with Crippen LogP contribution in [0.15, 0.2) is 47.6 Å². The number of ether oxygens (including phenoxy) is 1. The van der Waals surface area contributed by atoms with Gasteiger partial charge in [0.05, 0.1) is 4.90 Å². The van der Waals surface area contributed by atoms with Crippen LogP contribution in [0.1, 0.15) is 31.1 Å². The number of hydrogen-bond acceptors (Lipinski definition) is 8. The van der Waals surface area contributed by atoms with Gasteiger partial charge in [-0.25, -0.2) is 18.4 Å². The van der Waals surface area contributed by atoms with E-state index in [0.29, 0.717) is 13.1 Å². The van der Waals surface area contributed by atoms with E-state index in [0.717, 1.165) is 0 Å². The number of carbonyl (C=O) groups is 3. The predicted octanol–water partition coefficient (Wildman–Crippen LogP) is 0.807. The van der Waals surface area contributed by atoms with Crippen molar-refractivity contribution in [2.75, 3.05) is 25.0 Å². The van der Waals surface area contributed by atoms with Crippen LogP contribution in [0.25, 0.3) is 0 Å². The molecule has 2 aromatic rings. The second-order valence-corrected chi connectivity index (χ2v) is 8.43. The van der Waals surface area contributed by atoms with Crippen molar-refractivity contribution in [3.63, 3.8) is 0 Å². The van der Waals surface area contributed by atoms with Crippen molar-refractivity contribution >= 4 is 33.8 Å². The Labute approximate surface area is 186 Å². The number of sulfonamides is 1. The van der Waals surface area contributed by atoms with Gasteiger partial charge in [-0.05, 0) is 37.3 Å². The highest BCUT2D eigenvalue weighted by Gasteiger charge is 2.22. The SMILES string of the molecule is CCN(CC)S(=O)(=O)c1ccc(C(=O)NCC(=O)OC(C)C(=O)Nc2ncccn2)cc1. The first kappa shape index (κ1) is 24.9. The van der Waals surface area contributed by atoms with Crippen LogP contribution < -0.4 is 10.6 Å². The Morgan fingerprint density at radius 3 is 2.22 bits per heavy atom. The van der Waals surface area contributed by atoms with Crippen molar-refractivity contribution in [2.45, 2.75) is 31.8 Å². The number of aromatic nitrogens is 2. The quantitative estimate of drug-likeness (QED) is 0.492. The summed E-state index contributed by atoms with van der Waals surface area (Å²) >= 11 is 0. The van der Waals surface area contributed by atoms with Gasteiger partial charge in [0.15, 0.2) is 6.10 Å². The van der Waals surface area contributed by atoms with Gasteiger partial charge >= 0.3 is 5.97 Å². The van der Waals surface area contributed by atoms with Crippen LogP contribution >= 0.6 is 0 Å². The molecule has 2 rings (SSSR count). The molecule has 0 aliphatic carbocycles. The lowest BCUT2D eigenvalue weighted by molar-refractivity contribution is -0.152. The van der Waals surface area contributed by atoms with E-state index in [1.807, 2.05) is 0 Å². The fraction of sp³-hybridized carbons (Fsp3) is 0.350. The minimum absolute atomic E-state index is 0.0689. The molecule has 1 aromatic carbocycles. The van der Waals surface area contributed by atoms with Gasteiger partial charge in [0.2, 0.25) is 16.0 Å². The summed E-state index contributed by atoms with van der Waals surface area (Å²) in [6, 6.07) is 6.96. The molecule has 2 N–H and O–H groups in total.